The maximum Gasteiger partial charge on any atom is 0.407 e. The third-order valence-corrected chi connectivity index (χ3v) is 3.02. The van der Waals surface area contributed by atoms with E-state index in [0.717, 1.165) is 0 Å². The number of nitrogens with zero attached hydrogens (tertiary/aromatic N) is 1. The molecular weight excluding hydrogens is 419 g/mol. The number of carbonyl (C=O) groups excluding carboxylic acids is 1. The van der Waals surface area contributed by atoms with E-state index in [4.69, 9.17) is 4.74 Å². The number of ether oxygens (including phenoxy) is 1. The molecule has 0 radical (unpaired) electrons. The summed E-state index contributed by atoms with van der Waals surface area (Å²) < 4.78 is 5.17. The number of rotatable bonds is 5. The van der Waals surface area contributed by atoms with Crippen LogP contribution >= 0.6 is 24.0 Å². The van der Waals surface area contributed by atoms with Crippen LogP contribution in [-0.4, -0.2) is 37.8 Å². The Morgan fingerprint density at radius 3 is 2.33 bits per heavy atom. The monoisotopic (exact) mass is 448 g/mol. The van der Waals surface area contributed by atoms with Crippen LogP contribution < -0.4 is 16.0 Å². The second-order valence-electron chi connectivity index (χ2n) is 6.21. The molecule has 1 rings (SSSR count). The van der Waals surface area contributed by atoms with Gasteiger partial charge in [-0.15, -0.1) is 24.0 Å². The van der Waals surface area contributed by atoms with E-state index in [1.165, 1.54) is 11.1 Å². The number of guanidine groups is 1. The number of alkyl carbamates (subject to hydrolysis) is 1. The molecular formula is C17H29IN4O2. The molecule has 0 bridgehead atoms. The quantitative estimate of drug-likeness (QED) is 0.280. The first kappa shape index (κ1) is 22.5. The van der Waals surface area contributed by atoms with Gasteiger partial charge in [0, 0.05) is 26.7 Å². The Bertz CT molecular complexity index is 542. The average Bonchev–Trinajstić information content (AvgIpc) is 2.46. The fourth-order valence-corrected chi connectivity index (χ4v) is 1.87. The molecule has 1 amide bonds. The SMILES string of the molecule is CN=C(NCCNC(=O)OC(C)(C)C)NCc1ccccc1C.I. The fourth-order valence-electron chi connectivity index (χ4n) is 1.87. The van der Waals surface area contributed by atoms with Crippen molar-refractivity contribution in [2.24, 2.45) is 4.99 Å². The van der Waals surface area contributed by atoms with Crippen LogP contribution in [0.25, 0.3) is 0 Å². The first-order chi connectivity index (χ1) is 10.8. The topological polar surface area (TPSA) is 74.8 Å². The number of hydrogen-bond acceptors (Lipinski definition) is 3. The third-order valence-electron chi connectivity index (χ3n) is 3.02. The van der Waals surface area contributed by atoms with Crippen LogP contribution in [0.15, 0.2) is 29.3 Å². The van der Waals surface area contributed by atoms with Gasteiger partial charge in [-0.2, -0.15) is 0 Å². The van der Waals surface area contributed by atoms with E-state index in [1.807, 2.05) is 32.9 Å². The summed E-state index contributed by atoms with van der Waals surface area (Å²) >= 11 is 0. The van der Waals surface area contributed by atoms with E-state index in [-0.39, 0.29) is 24.0 Å². The number of carbonyl (C=O) groups is 1. The number of aliphatic imine (C=N–C) groups is 1. The molecule has 0 aliphatic rings. The third kappa shape index (κ3) is 9.59. The predicted molar refractivity (Wildman–Crippen MR) is 109 cm³/mol. The summed E-state index contributed by atoms with van der Waals surface area (Å²) in [6.45, 7) is 9.31. The lowest BCUT2D eigenvalue weighted by Crippen LogP contribution is -2.42. The van der Waals surface area contributed by atoms with Crippen molar-refractivity contribution in [2.45, 2.75) is 39.8 Å². The lowest BCUT2D eigenvalue weighted by Gasteiger charge is -2.20. The van der Waals surface area contributed by atoms with Crippen molar-refractivity contribution in [1.82, 2.24) is 16.0 Å². The van der Waals surface area contributed by atoms with Gasteiger partial charge in [-0.05, 0) is 38.8 Å². The molecule has 1 aromatic rings. The summed E-state index contributed by atoms with van der Waals surface area (Å²) in [5.74, 6) is 0.694. The Morgan fingerprint density at radius 2 is 1.75 bits per heavy atom. The van der Waals surface area contributed by atoms with Crippen LogP contribution in [0.3, 0.4) is 0 Å². The molecule has 1 aromatic carbocycles. The highest BCUT2D eigenvalue weighted by atomic mass is 127. The standard InChI is InChI=1S/C17H28N4O2.HI/c1-13-8-6-7-9-14(13)12-21-15(18-5)19-10-11-20-16(22)23-17(2,3)4;/h6-9H,10-12H2,1-5H3,(H,20,22)(H2,18,19,21);1H. The zero-order valence-corrected chi connectivity index (χ0v) is 17.4. The van der Waals surface area contributed by atoms with Crippen LogP contribution in [0.5, 0.6) is 0 Å². The van der Waals surface area contributed by atoms with Crippen molar-refractivity contribution >= 4 is 36.0 Å². The Kier molecular flexibility index (Phi) is 10.4. The summed E-state index contributed by atoms with van der Waals surface area (Å²) in [7, 11) is 1.72. The lowest BCUT2D eigenvalue weighted by atomic mass is 10.1. The lowest BCUT2D eigenvalue weighted by molar-refractivity contribution is 0.0529. The van der Waals surface area contributed by atoms with Crippen molar-refractivity contribution in [2.75, 3.05) is 20.1 Å². The second-order valence-corrected chi connectivity index (χ2v) is 6.21. The molecule has 0 aliphatic carbocycles. The molecule has 7 heteroatoms. The van der Waals surface area contributed by atoms with Crippen LogP contribution in [0.2, 0.25) is 0 Å². The second kappa shape index (κ2) is 11.1. The molecule has 136 valence electrons. The highest BCUT2D eigenvalue weighted by Crippen LogP contribution is 2.06. The molecule has 0 spiro atoms. The Labute approximate surface area is 161 Å². The number of hydrogen-bond donors (Lipinski definition) is 3. The molecule has 6 nitrogen and oxygen atoms in total. The summed E-state index contributed by atoms with van der Waals surface area (Å²) in [6, 6.07) is 8.21. The minimum Gasteiger partial charge on any atom is -0.444 e. The maximum atomic E-state index is 11.5. The van der Waals surface area contributed by atoms with Gasteiger partial charge in [0.25, 0.3) is 0 Å². The van der Waals surface area contributed by atoms with Gasteiger partial charge >= 0.3 is 6.09 Å². The fraction of sp³-hybridized carbons (Fsp3) is 0.529. The van der Waals surface area contributed by atoms with Gasteiger partial charge in [-0.1, -0.05) is 24.3 Å². The zero-order chi connectivity index (χ0) is 17.3. The molecule has 0 unspecified atom stereocenters. The number of benzene rings is 1. The van der Waals surface area contributed by atoms with Crippen LogP contribution in [-0.2, 0) is 11.3 Å². The van der Waals surface area contributed by atoms with Crippen LogP contribution in [0.1, 0.15) is 31.9 Å². The molecule has 0 saturated carbocycles. The van der Waals surface area contributed by atoms with Gasteiger partial charge in [-0.3, -0.25) is 4.99 Å². The van der Waals surface area contributed by atoms with E-state index >= 15 is 0 Å². The summed E-state index contributed by atoms with van der Waals surface area (Å²) in [5, 5.41) is 9.09. The van der Waals surface area contributed by atoms with E-state index in [0.29, 0.717) is 25.6 Å². The highest BCUT2D eigenvalue weighted by Gasteiger charge is 2.15. The number of amides is 1. The molecule has 0 heterocycles. The Hall–Kier alpha value is -1.51. The molecule has 3 N–H and O–H groups in total. The maximum absolute atomic E-state index is 11.5. The van der Waals surface area contributed by atoms with Crippen molar-refractivity contribution < 1.29 is 9.53 Å². The molecule has 0 aromatic heterocycles. The molecule has 24 heavy (non-hydrogen) atoms. The number of aryl methyl sites for hydroxylation is 1. The smallest absolute Gasteiger partial charge is 0.407 e. The number of halogens is 1. The molecule has 0 saturated heterocycles. The Balaban J connectivity index is 0.00000529. The van der Waals surface area contributed by atoms with Crippen LogP contribution in [0, 0.1) is 6.92 Å². The normalized spacial score (nSPS) is 11.3. The van der Waals surface area contributed by atoms with Crippen molar-refractivity contribution in [3.63, 3.8) is 0 Å². The van der Waals surface area contributed by atoms with E-state index in [9.17, 15) is 4.79 Å². The summed E-state index contributed by atoms with van der Waals surface area (Å²) in [5.41, 5.74) is 1.98. The van der Waals surface area contributed by atoms with E-state index in [2.05, 4.69) is 40.0 Å². The minimum atomic E-state index is -0.483. The van der Waals surface area contributed by atoms with Gasteiger partial charge < -0.3 is 20.7 Å². The number of nitrogens with one attached hydrogen (secondary N) is 3. The summed E-state index contributed by atoms with van der Waals surface area (Å²) in [6.07, 6.45) is -0.415. The Morgan fingerprint density at radius 1 is 1.12 bits per heavy atom. The van der Waals surface area contributed by atoms with Crippen molar-refractivity contribution in [1.29, 1.82) is 0 Å². The summed E-state index contributed by atoms with van der Waals surface area (Å²) in [4.78, 5) is 15.7. The average molecular weight is 448 g/mol. The van der Waals surface area contributed by atoms with Crippen molar-refractivity contribution in [3.05, 3.63) is 35.4 Å². The van der Waals surface area contributed by atoms with E-state index < -0.39 is 11.7 Å². The van der Waals surface area contributed by atoms with Gasteiger partial charge in [0.1, 0.15) is 5.60 Å². The molecule has 0 aliphatic heterocycles. The van der Waals surface area contributed by atoms with Crippen molar-refractivity contribution in [3.8, 4) is 0 Å². The van der Waals surface area contributed by atoms with Gasteiger partial charge in [-0.25, -0.2) is 4.79 Å². The molecule has 0 fully saturated rings. The van der Waals surface area contributed by atoms with Gasteiger partial charge in [0.15, 0.2) is 5.96 Å². The highest BCUT2D eigenvalue weighted by molar-refractivity contribution is 14.0. The predicted octanol–water partition coefficient (Wildman–Crippen LogP) is 2.80. The largest absolute Gasteiger partial charge is 0.444 e. The van der Waals surface area contributed by atoms with Crippen LogP contribution in [0.4, 0.5) is 4.79 Å². The zero-order valence-electron chi connectivity index (χ0n) is 15.1. The first-order valence-corrected chi connectivity index (χ1v) is 7.77. The minimum absolute atomic E-state index is 0. The van der Waals surface area contributed by atoms with Gasteiger partial charge in [0.05, 0.1) is 0 Å². The molecule has 0 atom stereocenters. The van der Waals surface area contributed by atoms with Gasteiger partial charge in [0.2, 0.25) is 0 Å². The first-order valence-electron chi connectivity index (χ1n) is 7.77. The van der Waals surface area contributed by atoms with E-state index in [1.54, 1.807) is 7.05 Å².